The van der Waals surface area contributed by atoms with Crippen LogP contribution < -0.4 is 17.0 Å². The first-order valence-corrected chi connectivity index (χ1v) is 5.66. The van der Waals surface area contributed by atoms with E-state index in [0.717, 1.165) is 4.57 Å². The Morgan fingerprint density at radius 3 is 2.72 bits per heavy atom. The Morgan fingerprint density at radius 1 is 1.33 bits per heavy atom. The van der Waals surface area contributed by atoms with Crippen LogP contribution in [-0.2, 0) is 13.6 Å². The molecule has 1 heterocycles. The minimum absolute atomic E-state index is 0.0587. The van der Waals surface area contributed by atoms with Gasteiger partial charge in [0.05, 0.1) is 10.9 Å². The molecule has 0 saturated carbocycles. The normalized spacial score (nSPS) is 11.1. The molecule has 0 aliphatic carbocycles. The molecular weight excluding hydrogens is 237 g/mol. The zero-order valence-corrected chi connectivity index (χ0v) is 10.0. The molecule has 2 rings (SSSR count). The molecule has 2 N–H and O–H groups in total. The Kier molecular flexibility index (Phi) is 3.29. The van der Waals surface area contributed by atoms with E-state index in [1.54, 1.807) is 6.07 Å². The minimum atomic E-state index is -0.616. The average molecular weight is 251 g/mol. The van der Waals surface area contributed by atoms with E-state index in [2.05, 4.69) is 0 Å². The van der Waals surface area contributed by atoms with Crippen molar-refractivity contribution in [2.24, 2.45) is 12.8 Å². The quantitative estimate of drug-likeness (QED) is 0.846. The van der Waals surface area contributed by atoms with Crippen LogP contribution >= 0.6 is 0 Å². The molecule has 0 atom stereocenters. The first-order valence-electron chi connectivity index (χ1n) is 5.66. The van der Waals surface area contributed by atoms with Gasteiger partial charge >= 0.3 is 5.69 Å². The van der Waals surface area contributed by atoms with E-state index in [-0.39, 0.29) is 11.9 Å². The van der Waals surface area contributed by atoms with Gasteiger partial charge in [-0.3, -0.25) is 13.9 Å². The van der Waals surface area contributed by atoms with Gasteiger partial charge in [-0.2, -0.15) is 0 Å². The van der Waals surface area contributed by atoms with Crippen molar-refractivity contribution in [3.63, 3.8) is 0 Å². The van der Waals surface area contributed by atoms with E-state index in [4.69, 9.17) is 5.73 Å². The van der Waals surface area contributed by atoms with E-state index in [1.165, 1.54) is 23.7 Å². The molecule has 18 heavy (non-hydrogen) atoms. The van der Waals surface area contributed by atoms with Gasteiger partial charge in [0.1, 0.15) is 5.82 Å². The second kappa shape index (κ2) is 4.73. The Morgan fingerprint density at radius 2 is 2.06 bits per heavy atom. The second-order valence-electron chi connectivity index (χ2n) is 4.07. The molecule has 1 aromatic carbocycles. The van der Waals surface area contributed by atoms with E-state index in [0.29, 0.717) is 18.5 Å². The fourth-order valence-corrected chi connectivity index (χ4v) is 1.96. The highest BCUT2D eigenvalue weighted by Gasteiger charge is 2.13. The molecule has 0 saturated heterocycles. The van der Waals surface area contributed by atoms with Crippen molar-refractivity contribution in [3.8, 4) is 0 Å². The summed E-state index contributed by atoms with van der Waals surface area (Å²) in [6.07, 6.45) is 0.495. The van der Waals surface area contributed by atoms with Gasteiger partial charge in [0, 0.05) is 13.6 Å². The number of nitrogens with zero attached hydrogens (tertiary/aromatic N) is 2. The molecule has 96 valence electrons. The van der Waals surface area contributed by atoms with Crippen LogP contribution in [0.4, 0.5) is 4.39 Å². The van der Waals surface area contributed by atoms with Crippen molar-refractivity contribution >= 4 is 10.9 Å². The molecule has 1 aromatic heterocycles. The third-order valence-electron chi connectivity index (χ3n) is 2.92. The van der Waals surface area contributed by atoms with Crippen molar-refractivity contribution in [2.45, 2.75) is 13.0 Å². The lowest BCUT2D eigenvalue weighted by Crippen LogP contribution is -2.39. The molecule has 6 heteroatoms. The minimum Gasteiger partial charge on any atom is -0.330 e. The van der Waals surface area contributed by atoms with E-state index >= 15 is 0 Å². The first kappa shape index (κ1) is 12.5. The van der Waals surface area contributed by atoms with Gasteiger partial charge in [0.15, 0.2) is 0 Å². The largest absolute Gasteiger partial charge is 0.331 e. The van der Waals surface area contributed by atoms with Crippen LogP contribution in [0.3, 0.4) is 0 Å². The molecule has 0 spiro atoms. The maximum Gasteiger partial charge on any atom is 0.331 e. The molecular formula is C12H14FN3O2. The summed E-state index contributed by atoms with van der Waals surface area (Å²) in [5, 5.41) is -0.0587. The van der Waals surface area contributed by atoms with Gasteiger partial charge in [-0.1, -0.05) is 6.07 Å². The van der Waals surface area contributed by atoms with Gasteiger partial charge in [-0.25, -0.2) is 9.18 Å². The topological polar surface area (TPSA) is 70.0 Å². The molecule has 0 radical (unpaired) electrons. The summed E-state index contributed by atoms with van der Waals surface area (Å²) in [7, 11) is 1.52. The number of aryl methyl sites for hydroxylation is 1. The van der Waals surface area contributed by atoms with Crippen LogP contribution in [0.25, 0.3) is 10.9 Å². The highest BCUT2D eigenvalue weighted by atomic mass is 19.1. The lowest BCUT2D eigenvalue weighted by atomic mass is 10.2. The Hall–Kier alpha value is -1.95. The smallest absolute Gasteiger partial charge is 0.330 e. The van der Waals surface area contributed by atoms with Crippen LogP contribution in [0.2, 0.25) is 0 Å². The zero-order chi connectivity index (χ0) is 13.3. The summed E-state index contributed by atoms with van der Waals surface area (Å²) in [6, 6.07) is 4.23. The third-order valence-corrected chi connectivity index (χ3v) is 2.92. The van der Waals surface area contributed by atoms with E-state index in [1.807, 2.05) is 0 Å². The standard InChI is InChI=1S/C12H14FN3O2/c1-15-9-5-2-4-8(13)10(9)11(17)16(12(15)18)7-3-6-14/h2,4-5H,3,6-7,14H2,1H3. The van der Waals surface area contributed by atoms with Gasteiger partial charge in [-0.15, -0.1) is 0 Å². The molecule has 0 fully saturated rings. The SMILES string of the molecule is Cn1c(=O)n(CCCN)c(=O)c2c(F)cccc21. The monoisotopic (exact) mass is 251 g/mol. The third kappa shape index (κ3) is 1.84. The molecule has 0 aliphatic heterocycles. The van der Waals surface area contributed by atoms with Gasteiger partial charge in [0.2, 0.25) is 0 Å². The van der Waals surface area contributed by atoms with E-state index < -0.39 is 17.1 Å². The van der Waals surface area contributed by atoms with Crippen LogP contribution in [-0.4, -0.2) is 15.7 Å². The maximum absolute atomic E-state index is 13.7. The zero-order valence-electron chi connectivity index (χ0n) is 10.0. The summed E-state index contributed by atoms with van der Waals surface area (Å²) in [5.74, 6) is -0.616. The number of rotatable bonds is 3. The Bertz CT molecular complexity index is 703. The number of fused-ring (bicyclic) bond motifs is 1. The molecule has 2 aromatic rings. The van der Waals surface area contributed by atoms with Crippen molar-refractivity contribution in [1.82, 2.24) is 9.13 Å². The highest BCUT2D eigenvalue weighted by Crippen LogP contribution is 2.11. The molecule has 0 bridgehead atoms. The fourth-order valence-electron chi connectivity index (χ4n) is 1.96. The number of hydrogen-bond donors (Lipinski definition) is 1. The van der Waals surface area contributed by atoms with Crippen LogP contribution in [0.15, 0.2) is 27.8 Å². The fraction of sp³-hybridized carbons (Fsp3) is 0.333. The van der Waals surface area contributed by atoms with E-state index in [9.17, 15) is 14.0 Å². The lowest BCUT2D eigenvalue weighted by molar-refractivity contribution is 0.573. The van der Waals surface area contributed by atoms with Crippen LogP contribution in [0.1, 0.15) is 6.42 Å². The highest BCUT2D eigenvalue weighted by molar-refractivity contribution is 5.78. The molecule has 5 nitrogen and oxygen atoms in total. The molecule has 0 unspecified atom stereocenters. The summed E-state index contributed by atoms with van der Waals surface area (Å²) in [4.78, 5) is 24.1. The van der Waals surface area contributed by atoms with Gasteiger partial charge in [-0.05, 0) is 25.1 Å². The summed E-state index contributed by atoms with van der Waals surface area (Å²) < 4.78 is 16.0. The first-order chi connectivity index (χ1) is 8.57. The Balaban J connectivity index is 2.86. The van der Waals surface area contributed by atoms with Crippen LogP contribution in [0.5, 0.6) is 0 Å². The molecule has 0 amide bonds. The van der Waals surface area contributed by atoms with Gasteiger partial charge in [0.25, 0.3) is 5.56 Å². The number of halogens is 1. The maximum atomic E-state index is 13.7. The lowest BCUT2D eigenvalue weighted by Gasteiger charge is -2.10. The summed E-state index contributed by atoms with van der Waals surface area (Å²) >= 11 is 0. The summed E-state index contributed by atoms with van der Waals surface area (Å²) in [5.41, 5.74) is 4.61. The van der Waals surface area contributed by atoms with Crippen LogP contribution in [0, 0.1) is 5.82 Å². The van der Waals surface area contributed by atoms with Crippen molar-refractivity contribution in [2.75, 3.05) is 6.54 Å². The number of nitrogens with two attached hydrogens (primary N) is 1. The van der Waals surface area contributed by atoms with Gasteiger partial charge < -0.3 is 5.73 Å². The van der Waals surface area contributed by atoms with Crippen molar-refractivity contribution in [1.29, 1.82) is 0 Å². The van der Waals surface area contributed by atoms with Crippen molar-refractivity contribution < 1.29 is 4.39 Å². The molecule has 0 aliphatic rings. The van der Waals surface area contributed by atoms with Crippen molar-refractivity contribution in [3.05, 3.63) is 44.9 Å². The number of aromatic nitrogens is 2. The predicted molar refractivity (Wildman–Crippen MR) is 67.1 cm³/mol. The average Bonchev–Trinajstić information content (AvgIpc) is 2.36. The number of benzene rings is 1. The second-order valence-corrected chi connectivity index (χ2v) is 4.07. The number of hydrogen-bond acceptors (Lipinski definition) is 3. The summed E-state index contributed by atoms with van der Waals surface area (Å²) in [6.45, 7) is 0.567. The Labute approximate surface area is 102 Å². The predicted octanol–water partition coefficient (Wildman–Crippen LogP) is 0.188.